The fourth-order valence-corrected chi connectivity index (χ4v) is 1.79. The first-order valence-corrected chi connectivity index (χ1v) is 5.92. The Balaban J connectivity index is 4.28. The summed E-state index contributed by atoms with van der Waals surface area (Å²) in [5, 5.41) is 18.9. The molecule has 0 bridgehead atoms. The summed E-state index contributed by atoms with van der Waals surface area (Å²) in [4.78, 5) is 11.0. The topological polar surface area (TPSA) is 83.5 Å². The monoisotopic (exact) mass is 231 g/mol. The lowest BCUT2D eigenvalue weighted by Crippen LogP contribution is -2.39. The molecule has 0 aromatic carbocycles. The SMILES string of the molecule is CC(C)C[C@H](N)[C@@H](O)C[C@H](C(=O)O)C(C)C. The minimum Gasteiger partial charge on any atom is -0.481 e. The van der Waals surface area contributed by atoms with Gasteiger partial charge in [-0.3, -0.25) is 4.79 Å². The van der Waals surface area contributed by atoms with E-state index >= 15 is 0 Å². The molecule has 0 unspecified atom stereocenters. The molecule has 96 valence electrons. The highest BCUT2D eigenvalue weighted by atomic mass is 16.4. The van der Waals surface area contributed by atoms with Crippen molar-refractivity contribution in [3.05, 3.63) is 0 Å². The Morgan fingerprint density at radius 2 is 1.69 bits per heavy atom. The van der Waals surface area contributed by atoms with Gasteiger partial charge in [-0.05, 0) is 24.7 Å². The summed E-state index contributed by atoms with van der Waals surface area (Å²) in [6.45, 7) is 7.76. The van der Waals surface area contributed by atoms with E-state index in [1.165, 1.54) is 0 Å². The zero-order valence-corrected chi connectivity index (χ0v) is 10.7. The van der Waals surface area contributed by atoms with Crippen LogP contribution in [0.2, 0.25) is 0 Å². The first kappa shape index (κ1) is 15.4. The molecular formula is C12H25NO3. The molecule has 0 aromatic rings. The van der Waals surface area contributed by atoms with Gasteiger partial charge in [0.1, 0.15) is 0 Å². The van der Waals surface area contributed by atoms with Gasteiger partial charge in [0.25, 0.3) is 0 Å². The molecule has 0 aliphatic heterocycles. The highest BCUT2D eigenvalue weighted by molar-refractivity contribution is 5.70. The average molecular weight is 231 g/mol. The zero-order valence-electron chi connectivity index (χ0n) is 10.7. The van der Waals surface area contributed by atoms with Crippen LogP contribution in [-0.2, 0) is 4.79 Å². The van der Waals surface area contributed by atoms with Crippen LogP contribution in [0.5, 0.6) is 0 Å². The summed E-state index contributed by atoms with van der Waals surface area (Å²) in [6.07, 6.45) is 0.220. The Morgan fingerprint density at radius 3 is 2.00 bits per heavy atom. The van der Waals surface area contributed by atoms with Crippen molar-refractivity contribution in [1.82, 2.24) is 0 Å². The molecule has 0 radical (unpaired) electrons. The number of aliphatic hydroxyl groups is 1. The minimum absolute atomic E-state index is 0.0124. The molecule has 0 fully saturated rings. The lowest BCUT2D eigenvalue weighted by atomic mass is 9.86. The molecule has 0 rings (SSSR count). The first-order valence-electron chi connectivity index (χ1n) is 5.92. The predicted octanol–water partition coefficient (Wildman–Crippen LogP) is 1.47. The maximum atomic E-state index is 11.0. The van der Waals surface area contributed by atoms with E-state index in [1.54, 1.807) is 0 Å². The summed E-state index contributed by atoms with van der Waals surface area (Å²) in [7, 11) is 0. The molecule has 0 aromatic heterocycles. The number of aliphatic hydroxyl groups excluding tert-OH is 1. The lowest BCUT2D eigenvalue weighted by molar-refractivity contribution is -0.144. The molecule has 4 heteroatoms. The van der Waals surface area contributed by atoms with Crippen LogP contribution in [0.25, 0.3) is 0 Å². The van der Waals surface area contributed by atoms with E-state index in [9.17, 15) is 9.90 Å². The number of hydrogen-bond donors (Lipinski definition) is 3. The summed E-state index contributed by atoms with van der Waals surface area (Å²) in [5.41, 5.74) is 5.82. The fourth-order valence-electron chi connectivity index (χ4n) is 1.79. The Hall–Kier alpha value is -0.610. The van der Waals surface area contributed by atoms with E-state index < -0.39 is 18.0 Å². The molecule has 0 saturated carbocycles. The van der Waals surface area contributed by atoms with Crippen molar-refractivity contribution in [3.63, 3.8) is 0 Å². The Labute approximate surface area is 97.8 Å². The molecule has 0 aliphatic rings. The summed E-state index contributed by atoms with van der Waals surface area (Å²) >= 11 is 0. The molecule has 4 nitrogen and oxygen atoms in total. The number of hydrogen-bond acceptors (Lipinski definition) is 3. The van der Waals surface area contributed by atoms with Gasteiger partial charge in [0.05, 0.1) is 12.0 Å². The molecule has 16 heavy (non-hydrogen) atoms. The Bertz CT molecular complexity index is 216. The second-order valence-corrected chi connectivity index (χ2v) is 5.29. The summed E-state index contributed by atoms with van der Waals surface area (Å²) in [5.74, 6) is -0.954. The predicted molar refractivity (Wildman–Crippen MR) is 64.0 cm³/mol. The van der Waals surface area contributed by atoms with Crippen molar-refractivity contribution in [3.8, 4) is 0 Å². The molecule has 3 atom stereocenters. The van der Waals surface area contributed by atoms with Crippen LogP contribution >= 0.6 is 0 Å². The van der Waals surface area contributed by atoms with Crippen LogP contribution < -0.4 is 5.73 Å². The van der Waals surface area contributed by atoms with E-state index in [-0.39, 0.29) is 18.4 Å². The second-order valence-electron chi connectivity index (χ2n) is 5.29. The van der Waals surface area contributed by atoms with Crippen LogP contribution in [-0.4, -0.2) is 28.3 Å². The zero-order chi connectivity index (χ0) is 12.9. The molecule has 0 saturated heterocycles. The van der Waals surface area contributed by atoms with Crippen molar-refractivity contribution < 1.29 is 15.0 Å². The van der Waals surface area contributed by atoms with Gasteiger partial charge < -0.3 is 15.9 Å². The number of aliphatic carboxylic acids is 1. The van der Waals surface area contributed by atoms with Gasteiger partial charge >= 0.3 is 5.97 Å². The van der Waals surface area contributed by atoms with E-state index in [4.69, 9.17) is 10.8 Å². The van der Waals surface area contributed by atoms with Gasteiger partial charge in [0.15, 0.2) is 0 Å². The number of nitrogens with two attached hydrogens (primary N) is 1. The smallest absolute Gasteiger partial charge is 0.306 e. The van der Waals surface area contributed by atoms with Crippen LogP contribution in [0, 0.1) is 17.8 Å². The third-order valence-corrected chi connectivity index (χ3v) is 2.86. The maximum absolute atomic E-state index is 11.0. The number of carbonyl (C=O) groups is 1. The summed E-state index contributed by atoms with van der Waals surface area (Å²) < 4.78 is 0. The molecular weight excluding hydrogens is 206 g/mol. The number of carboxylic acids is 1. The molecule has 0 heterocycles. The van der Waals surface area contributed by atoms with E-state index in [0.29, 0.717) is 12.3 Å². The maximum Gasteiger partial charge on any atom is 0.306 e. The quantitative estimate of drug-likeness (QED) is 0.619. The van der Waals surface area contributed by atoms with Gasteiger partial charge in [0, 0.05) is 6.04 Å². The minimum atomic E-state index is -0.856. The lowest BCUT2D eigenvalue weighted by Gasteiger charge is -2.25. The van der Waals surface area contributed by atoms with Gasteiger partial charge in [-0.2, -0.15) is 0 Å². The van der Waals surface area contributed by atoms with Crippen molar-refractivity contribution in [1.29, 1.82) is 0 Å². The van der Waals surface area contributed by atoms with E-state index in [2.05, 4.69) is 0 Å². The number of carboxylic acid groups (broad SMARTS) is 1. The highest BCUT2D eigenvalue weighted by Crippen LogP contribution is 2.20. The van der Waals surface area contributed by atoms with Gasteiger partial charge in [-0.1, -0.05) is 27.7 Å². The van der Waals surface area contributed by atoms with Crippen molar-refractivity contribution in [2.45, 2.75) is 52.7 Å². The van der Waals surface area contributed by atoms with Gasteiger partial charge in [0.2, 0.25) is 0 Å². The van der Waals surface area contributed by atoms with Gasteiger partial charge in [-0.25, -0.2) is 0 Å². The normalized spacial score (nSPS) is 17.5. The van der Waals surface area contributed by atoms with E-state index in [0.717, 1.165) is 0 Å². The van der Waals surface area contributed by atoms with Gasteiger partial charge in [-0.15, -0.1) is 0 Å². The van der Waals surface area contributed by atoms with E-state index in [1.807, 2.05) is 27.7 Å². The molecule has 0 spiro atoms. The third kappa shape index (κ3) is 5.47. The summed E-state index contributed by atoms with van der Waals surface area (Å²) in [6, 6.07) is -0.333. The van der Waals surface area contributed by atoms with Crippen molar-refractivity contribution in [2.75, 3.05) is 0 Å². The fraction of sp³-hybridized carbons (Fsp3) is 0.917. The third-order valence-electron chi connectivity index (χ3n) is 2.86. The molecule has 4 N–H and O–H groups in total. The first-order chi connectivity index (χ1) is 7.25. The van der Waals surface area contributed by atoms with Crippen LogP contribution in [0.4, 0.5) is 0 Å². The second kappa shape index (κ2) is 6.86. The molecule has 0 aliphatic carbocycles. The van der Waals surface area contributed by atoms with Crippen LogP contribution in [0.3, 0.4) is 0 Å². The Kier molecular flexibility index (Phi) is 6.60. The average Bonchev–Trinajstić information content (AvgIpc) is 2.11. The van der Waals surface area contributed by atoms with Crippen LogP contribution in [0.15, 0.2) is 0 Å². The van der Waals surface area contributed by atoms with Crippen molar-refractivity contribution in [2.24, 2.45) is 23.5 Å². The standard InChI is InChI=1S/C12H25NO3/c1-7(2)5-10(13)11(14)6-9(8(3)4)12(15)16/h7-11,14H,5-6,13H2,1-4H3,(H,15,16)/t9-,10-,11-/m0/s1. The largest absolute Gasteiger partial charge is 0.481 e. The number of rotatable bonds is 7. The highest BCUT2D eigenvalue weighted by Gasteiger charge is 2.27. The van der Waals surface area contributed by atoms with Crippen molar-refractivity contribution >= 4 is 5.97 Å². The Morgan fingerprint density at radius 1 is 1.19 bits per heavy atom. The molecule has 0 amide bonds. The van der Waals surface area contributed by atoms with Crippen LogP contribution in [0.1, 0.15) is 40.5 Å².